The van der Waals surface area contributed by atoms with Gasteiger partial charge < -0.3 is 0 Å². The first kappa shape index (κ1) is 20.3. The van der Waals surface area contributed by atoms with Gasteiger partial charge in [0.25, 0.3) is 0 Å². The van der Waals surface area contributed by atoms with Crippen molar-refractivity contribution in [2.45, 2.75) is 0 Å². The predicted octanol–water partition coefficient (Wildman–Crippen LogP) is 7.83. The quantitative estimate of drug-likeness (QED) is 0.223. The van der Waals surface area contributed by atoms with Crippen molar-refractivity contribution in [3.8, 4) is 28.7 Å². The zero-order chi connectivity index (χ0) is 22.4. The molecule has 6 aromatic rings. The van der Waals surface area contributed by atoms with E-state index in [9.17, 15) is 0 Å². The molecule has 0 saturated heterocycles. The molecule has 0 unspecified atom stereocenters. The van der Waals surface area contributed by atoms with Crippen molar-refractivity contribution in [2.75, 3.05) is 0 Å². The molecule has 0 radical (unpaired) electrons. The number of para-hydroxylation sites is 2. The molecule has 0 aliphatic rings. The van der Waals surface area contributed by atoms with E-state index in [-0.39, 0.29) is 0 Å². The molecule has 0 spiro atoms. The second-order valence-corrected chi connectivity index (χ2v) is 9.50. The second-order valence-electron chi connectivity index (χ2n) is 7.67. The van der Waals surface area contributed by atoms with Crippen LogP contribution in [0.15, 0.2) is 106 Å². The lowest BCUT2D eigenvalue weighted by Crippen LogP contribution is -2.06. The van der Waals surface area contributed by atoms with Crippen LogP contribution in [0.2, 0.25) is 0 Å². The average molecular weight is 556 g/mol. The fourth-order valence-corrected chi connectivity index (χ4v) is 4.59. The Morgan fingerprint density at radius 2 is 0.909 bits per heavy atom. The summed E-state index contributed by atoms with van der Waals surface area (Å²) in [5.41, 5.74) is 3.99. The lowest BCUT2D eigenvalue weighted by Gasteiger charge is -2.11. The highest BCUT2D eigenvalue weighted by Gasteiger charge is 2.17. The van der Waals surface area contributed by atoms with Crippen molar-refractivity contribution >= 4 is 53.7 Å². The molecule has 0 fully saturated rings. The van der Waals surface area contributed by atoms with Crippen LogP contribution in [0.4, 0.5) is 0 Å². The van der Waals surface area contributed by atoms with Crippen LogP contribution in [0.1, 0.15) is 0 Å². The first-order valence-corrected chi connectivity index (χ1v) is 12.0. The highest BCUT2D eigenvalue weighted by atomic mass is 79.9. The van der Waals surface area contributed by atoms with Crippen LogP contribution in [-0.4, -0.2) is 19.5 Å². The largest absolute Gasteiger partial charge is 0.278 e. The van der Waals surface area contributed by atoms with Gasteiger partial charge in [0.2, 0.25) is 5.95 Å². The molecular formula is C27H16Br2N4. The number of nitrogens with zero attached hydrogens (tertiary/aromatic N) is 4. The minimum Gasteiger partial charge on any atom is -0.278 e. The molecule has 2 aromatic heterocycles. The Hall–Kier alpha value is -3.35. The van der Waals surface area contributed by atoms with E-state index in [1.54, 1.807) is 0 Å². The molecule has 158 valence electrons. The summed E-state index contributed by atoms with van der Waals surface area (Å²) in [6.45, 7) is 0. The molecule has 0 amide bonds. The zero-order valence-electron chi connectivity index (χ0n) is 17.3. The maximum atomic E-state index is 4.94. The highest BCUT2D eigenvalue weighted by Crippen LogP contribution is 2.32. The zero-order valence-corrected chi connectivity index (χ0v) is 20.5. The van der Waals surface area contributed by atoms with Gasteiger partial charge in [0.1, 0.15) is 0 Å². The van der Waals surface area contributed by atoms with Gasteiger partial charge in [0, 0.05) is 30.8 Å². The van der Waals surface area contributed by atoms with Crippen LogP contribution in [0.5, 0.6) is 0 Å². The van der Waals surface area contributed by atoms with E-state index >= 15 is 0 Å². The number of halogens is 2. The van der Waals surface area contributed by atoms with E-state index < -0.39 is 0 Å². The third-order valence-electron chi connectivity index (χ3n) is 5.61. The van der Waals surface area contributed by atoms with Crippen LogP contribution in [0.3, 0.4) is 0 Å². The van der Waals surface area contributed by atoms with E-state index in [1.165, 1.54) is 10.8 Å². The lowest BCUT2D eigenvalue weighted by atomic mass is 10.2. The molecule has 6 rings (SSSR count). The number of hydrogen-bond acceptors (Lipinski definition) is 3. The monoisotopic (exact) mass is 554 g/mol. The standard InChI is InChI=1S/C27H16Br2N4/c28-19-13-9-17(10-14-19)25-30-26(18-11-15-20(29)16-12-18)32-27(31-25)33-23-7-3-1-5-21(23)22-6-2-4-8-24(22)33/h1-16H. The first-order valence-electron chi connectivity index (χ1n) is 10.4. The van der Waals surface area contributed by atoms with Crippen molar-refractivity contribution in [3.63, 3.8) is 0 Å². The van der Waals surface area contributed by atoms with Gasteiger partial charge in [-0.05, 0) is 36.4 Å². The van der Waals surface area contributed by atoms with E-state index in [4.69, 9.17) is 15.0 Å². The molecular weight excluding hydrogens is 540 g/mol. The Morgan fingerprint density at radius 1 is 0.485 bits per heavy atom. The van der Waals surface area contributed by atoms with Gasteiger partial charge in [-0.1, -0.05) is 92.5 Å². The number of fused-ring (bicyclic) bond motifs is 3. The van der Waals surface area contributed by atoms with E-state index in [2.05, 4.69) is 72.8 Å². The summed E-state index contributed by atoms with van der Waals surface area (Å²) >= 11 is 7.03. The van der Waals surface area contributed by atoms with Gasteiger partial charge in [-0.15, -0.1) is 0 Å². The van der Waals surface area contributed by atoms with Gasteiger partial charge >= 0.3 is 0 Å². The summed E-state index contributed by atoms with van der Waals surface area (Å²) in [6, 6.07) is 32.8. The minimum absolute atomic E-state index is 0.596. The number of rotatable bonds is 3. The fraction of sp³-hybridized carbons (Fsp3) is 0. The van der Waals surface area contributed by atoms with E-state index in [0.29, 0.717) is 17.6 Å². The van der Waals surface area contributed by atoms with Crippen LogP contribution in [0, 0.1) is 0 Å². The lowest BCUT2D eigenvalue weighted by molar-refractivity contribution is 0.953. The number of benzene rings is 4. The molecule has 2 heterocycles. The molecule has 0 N–H and O–H groups in total. The summed E-state index contributed by atoms with van der Waals surface area (Å²) in [5, 5.41) is 2.34. The van der Waals surface area contributed by atoms with Crippen molar-refractivity contribution in [1.29, 1.82) is 0 Å². The summed E-state index contributed by atoms with van der Waals surface area (Å²) in [7, 11) is 0. The second kappa shape index (κ2) is 8.21. The van der Waals surface area contributed by atoms with Crippen molar-refractivity contribution in [2.24, 2.45) is 0 Å². The van der Waals surface area contributed by atoms with Crippen molar-refractivity contribution < 1.29 is 0 Å². The van der Waals surface area contributed by atoms with Gasteiger partial charge in [-0.3, -0.25) is 4.57 Å². The Kier molecular flexibility index (Phi) is 5.04. The maximum Gasteiger partial charge on any atom is 0.238 e. The van der Waals surface area contributed by atoms with Gasteiger partial charge in [-0.2, -0.15) is 9.97 Å². The Balaban J connectivity index is 1.67. The summed E-state index contributed by atoms with van der Waals surface area (Å²) in [5.74, 6) is 1.86. The molecule has 33 heavy (non-hydrogen) atoms. The van der Waals surface area contributed by atoms with E-state index in [1.807, 2.05) is 60.7 Å². The van der Waals surface area contributed by atoms with Gasteiger partial charge in [0.05, 0.1) is 11.0 Å². The van der Waals surface area contributed by atoms with Crippen LogP contribution in [0.25, 0.3) is 50.5 Å². The smallest absolute Gasteiger partial charge is 0.238 e. The summed E-state index contributed by atoms with van der Waals surface area (Å²) in [6.07, 6.45) is 0. The fourth-order valence-electron chi connectivity index (χ4n) is 4.06. The highest BCUT2D eigenvalue weighted by molar-refractivity contribution is 9.10. The topological polar surface area (TPSA) is 43.6 Å². The minimum atomic E-state index is 0.596. The molecule has 0 bridgehead atoms. The molecule has 4 aromatic carbocycles. The summed E-state index contributed by atoms with van der Waals surface area (Å²) in [4.78, 5) is 14.7. The number of aromatic nitrogens is 4. The molecule has 0 aliphatic carbocycles. The van der Waals surface area contributed by atoms with Crippen LogP contribution < -0.4 is 0 Å². The van der Waals surface area contributed by atoms with Gasteiger partial charge in [0.15, 0.2) is 11.6 Å². The SMILES string of the molecule is Brc1ccc(-c2nc(-c3ccc(Br)cc3)nc(-n3c4ccccc4c4ccccc43)n2)cc1. The Labute approximate surface area is 207 Å². The van der Waals surface area contributed by atoms with E-state index in [0.717, 1.165) is 31.1 Å². The van der Waals surface area contributed by atoms with Gasteiger partial charge in [-0.25, -0.2) is 4.98 Å². The third kappa shape index (κ3) is 3.65. The molecule has 0 saturated carbocycles. The molecule has 0 atom stereocenters. The summed E-state index contributed by atoms with van der Waals surface area (Å²) < 4.78 is 4.14. The maximum absolute atomic E-state index is 4.94. The Bertz CT molecular complexity index is 1500. The van der Waals surface area contributed by atoms with Crippen LogP contribution >= 0.6 is 31.9 Å². The average Bonchev–Trinajstić information content (AvgIpc) is 3.19. The predicted molar refractivity (Wildman–Crippen MR) is 140 cm³/mol. The Morgan fingerprint density at radius 3 is 1.36 bits per heavy atom. The van der Waals surface area contributed by atoms with Crippen LogP contribution in [-0.2, 0) is 0 Å². The first-order chi connectivity index (χ1) is 16.2. The van der Waals surface area contributed by atoms with Crippen molar-refractivity contribution in [3.05, 3.63) is 106 Å². The molecule has 4 nitrogen and oxygen atoms in total. The molecule has 0 aliphatic heterocycles. The third-order valence-corrected chi connectivity index (χ3v) is 6.67. The normalized spacial score (nSPS) is 11.3. The molecule has 6 heteroatoms. The van der Waals surface area contributed by atoms with Crippen molar-refractivity contribution in [1.82, 2.24) is 19.5 Å². The number of hydrogen-bond donors (Lipinski definition) is 0.